The van der Waals surface area contributed by atoms with E-state index in [1.54, 1.807) is 4.59 Å². The molecule has 1 radical (unpaired) electrons. The third-order valence-electron chi connectivity index (χ3n) is 5.95. The van der Waals surface area contributed by atoms with Gasteiger partial charge in [-0.15, -0.1) is 0 Å². The second-order valence-corrected chi connectivity index (χ2v) is 14.4. The normalized spacial score (nSPS) is 14.6. The van der Waals surface area contributed by atoms with E-state index in [2.05, 4.69) is 118 Å². The predicted molar refractivity (Wildman–Crippen MR) is 143 cm³/mol. The Morgan fingerprint density at radius 3 is 1.22 bits per heavy atom. The van der Waals surface area contributed by atoms with Gasteiger partial charge in [-0.2, -0.15) is 0 Å². The average Bonchev–Trinajstić information content (AvgIpc) is 2.54. The van der Waals surface area contributed by atoms with Crippen LogP contribution in [0.4, 0.5) is 4.11 Å². The van der Waals surface area contributed by atoms with Crippen LogP contribution in [0.25, 0.3) is 0 Å². The molecule has 0 saturated heterocycles. The fourth-order valence-corrected chi connectivity index (χ4v) is 8.27. The zero-order valence-electron chi connectivity index (χ0n) is 24.2. The van der Waals surface area contributed by atoms with Crippen molar-refractivity contribution in [1.82, 2.24) is 18.5 Å². The van der Waals surface area contributed by atoms with Crippen molar-refractivity contribution in [3.05, 3.63) is 0 Å². The summed E-state index contributed by atoms with van der Waals surface area (Å²) in [5, 5.41) is 5.05. The van der Waals surface area contributed by atoms with Crippen molar-refractivity contribution in [2.75, 3.05) is 0 Å². The molecule has 0 heterocycles. The zero-order valence-corrected chi connectivity index (χ0v) is 25.2. The quantitative estimate of drug-likeness (QED) is 0.151. The van der Waals surface area contributed by atoms with Gasteiger partial charge in [-0.25, -0.2) is 9.21 Å². The first-order valence-electron chi connectivity index (χ1n) is 12.5. The number of hydrazone groups is 1. The molecule has 0 saturated carbocycles. The molecule has 0 aromatic carbocycles. The van der Waals surface area contributed by atoms with Gasteiger partial charge in [0.1, 0.15) is 0 Å². The van der Waals surface area contributed by atoms with E-state index in [1.165, 1.54) is 0 Å². The van der Waals surface area contributed by atoms with E-state index < -0.39 is 8.89 Å². The molecule has 0 atom stereocenters. The molecule has 0 fully saturated rings. The Morgan fingerprint density at radius 1 is 0.688 bits per heavy atom. The largest absolute Gasteiger partial charge is 0.525 e. The van der Waals surface area contributed by atoms with Gasteiger partial charge < -0.3 is 9.40 Å². The molecule has 0 bridgehead atoms. The third-order valence-corrected chi connectivity index (χ3v) is 10.1. The molecular formula is C24H54BFN5Si. The molecular weight excluding hydrogens is 416 g/mol. The summed E-state index contributed by atoms with van der Waals surface area (Å²) < 4.78 is 24.1. The van der Waals surface area contributed by atoms with Gasteiger partial charge in [-0.1, -0.05) is 104 Å². The van der Waals surface area contributed by atoms with E-state index in [4.69, 9.17) is 5.10 Å². The molecule has 0 rings (SSSR count). The van der Waals surface area contributed by atoms with Crippen molar-refractivity contribution in [2.45, 2.75) is 147 Å². The molecule has 0 aliphatic rings. The van der Waals surface area contributed by atoms with Gasteiger partial charge >= 0.3 is 16.4 Å². The number of hydrogen-bond acceptors (Lipinski definition) is 5. The number of hydrogen-bond donors (Lipinski definition) is 0. The molecule has 0 spiro atoms. The van der Waals surface area contributed by atoms with Crippen molar-refractivity contribution >= 4 is 22.2 Å². The molecule has 8 heteroatoms. The topological polar surface area (TPSA) is 25.3 Å². The molecule has 0 N–H and O–H groups in total. The van der Waals surface area contributed by atoms with E-state index in [0.717, 1.165) is 5.71 Å². The minimum absolute atomic E-state index is 0.0410. The standard InChI is InChI=1S/C24H54BFN5Si/c1-17(2)28(18(3)4)25-31(27-23(13)24(14,15)16)32(26,29(19(5)6)20(7)8)30(21(9)10)22(11)12/h17-22H,1-16H3/b27-23+. The maximum Gasteiger partial charge on any atom is 0.525 e. The summed E-state index contributed by atoms with van der Waals surface area (Å²) in [5.74, 6) is 0. The van der Waals surface area contributed by atoms with Crippen molar-refractivity contribution in [2.24, 2.45) is 10.5 Å². The smallest absolute Gasteiger partial charge is 0.321 e. The molecule has 0 aromatic rings. The Balaban J connectivity index is 7.20. The van der Waals surface area contributed by atoms with E-state index in [0.29, 0.717) is 0 Å². The van der Waals surface area contributed by atoms with E-state index >= 15 is 4.11 Å². The van der Waals surface area contributed by atoms with Crippen molar-refractivity contribution in [3.63, 3.8) is 0 Å². The van der Waals surface area contributed by atoms with Gasteiger partial charge in [-0.3, -0.25) is 9.13 Å². The van der Waals surface area contributed by atoms with Crippen LogP contribution in [0.2, 0.25) is 0 Å². The first-order chi connectivity index (χ1) is 14.3. The summed E-state index contributed by atoms with van der Waals surface area (Å²) >= 11 is 0. The van der Waals surface area contributed by atoms with Crippen LogP contribution in [0.15, 0.2) is 5.10 Å². The highest BCUT2D eigenvalue weighted by molar-refractivity contribution is 6.71. The summed E-state index contributed by atoms with van der Waals surface area (Å²) in [7, 11) is -2.01. The average molecular weight is 471 g/mol. The second-order valence-electron chi connectivity index (χ2n) is 11.8. The van der Waals surface area contributed by atoms with Crippen LogP contribution in [-0.4, -0.2) is 76.9 Å². The zero-order chi connectivity index (χ0) is 25.8. The Hall–Kier alpha value is -0.438. The second kappa shape index (κ2) is 12.3. The highest BCUT2D eigenvalue weighted by Gasteiger charge is 2.59. The lowest BCUT2D eigenvalue weighted by atomic mass is 9.91. The van der Waals surface area contributed by atoms with Crippen molar-refractivity contribution < 1.29 is 4.11 Å². The Labute approximate surface area is 202 Å². The maximum absolute atomic E-state index is 18.2. The van der Waals surface area contributed by atoms with Gasteiger partial charge in [0.05, 0.1) is 0 Å². The molecule has 32 heavy (non-hydrogen) atoms. The van der Waals surface area contributed by atoms with E-state index in [9.17, 15) is 0 Å². The van der Waals surface area contributed by atoms with Gasteiger partial charge in [0.15, 0.2) is 0 Å². The molecule has 0 amide bonds. The van der Waals surface area contributed by atoms with Crippen LogP contribution < -0.4 is 0 Å². The Kier molecular flexibility index (Phi) is 12.2. The lowest BCUT2D eigenvalue weighted by Crippen LogP contribution is -2.78. The van der Waals surface area contributed by atoms with E-state index in [-0.39, 0.29) is 41.7 Å². The SMILES string of the molecule is C/C(=N\N([B]N(C(C)C)C(C)C)[Si](F)(N(C(C)C)C(C)C)N(C(C)C)C(C)C)C(C)(C)C. The Morgan fingerprint density at radius 2 is 1.00 bits per heavy atom. The lowest BCUT2D eigenvalue weighted by Gasteiger charge is -2.53. The van der Waals surface area contributed by atoms with Crippen LogP contribution in [-0.2, 0) is 0 Å². The monoisotopic (exact) mass is 470 g/mol. The first-order valence-corrected chi connectivity index (χ1v) is 14.2. The lowest BCUT2D eigenvalue weighted by molar-refractivity contribution is 0.138. The van der Waals surface area contributed by atoms with Crippen LogP contribution in [0.3, 0.4) is 0 Å². The van der Waals surface area contributed by atoms with Crippen molar-refractivity contribution in [1.29, 1.82) is 0 Å². The predicted octanol–water partition coefficient (Wildman–Crippen LogP) is 6.01. The third kappa shape index (κ3) is 7.81. The summed E-state index contributed by atoms with van der Waals surface area (Å²) in [5.41, 5.74) is 0.777. The van der Waals surface area contributed by atoms with Gasteiger partial charge in [0, 0.05) is 35.3 Å². The van der Waals surface area contributed by atoms with Gasteiger partial charge in [-0.05, 0) is 19.0 Å². The molecule has 5 nitrogen and oxygen atoms in total. The highest BCUT2D eigenvalue weighted by atomic mass is 28.4. The molecule has 0 aliphatic heterocycles. The van der Waals surface area contributed by atoms with Gasteiger partial charge in [0.2, 0.25) is 0 Å². The minimum Gasteiger partial charge on any atom is -0.321 e. The van der Waals surface area contributed by atoms with Crippen LogP contribution in [0.5, 0.6) is 0 Å². The summed E-state index contributed by atoms with van der Waals surface area (Å²) in [6.45, 7) is 33.8. The van der Waals surface area contributed by atoms with Crippen molar-refractivity contribution in [3.8, 4) is 0 Å². The summed E-state index contributed by atoms with van der Waals surface area (Å²) in [4.78, 5) is 2.22. The highest BCUT2D eigenvalue weighted by Crippen LogP contribution is 2.32. The van der Waals surface area contributed by atoms with Crippen LogP contribution >= 0.6 is 0 Å². The van der Waals surface area contributed by atoms with Crippen LogP contribution in [0, 0.1) is 5.41 Å². The first kappa shape index (κ1) is 31.6. The summed E-state index contributed by atoms with van der Waals surface area (Å²) in [6.07, 6.45) is 0. The number of rotatable bonds is 12. The molecule has 0 unspecified atom stereocenters. The minimum atomic E-state index is -3.97. The summed E-state index contributed by atoms with van der Waals surface area (Å²) in [6, 6.07) is 0.634. The molecule has 0 aliphatic carbocycles. The maximum atomic E-state index is 18.2. The fraction of sp³-hybridized carbons (Fsp3) is 0.958. The van der Waals surface area contributed by atoms with Gasteiger partial charge in [0.25, 0.3) is 0 Å². The molecule has 189 valence electrons. The Bertz CT molecular complexity index is 543. The number of halogens is 1. The molecule has 0 aromatic heterocycles. The number of nitrogens with zero attached hydrogens (tertiary/aromatic N) is 5. The fourth-order valence-electron chi connectivity index (χ4n) is 4.34. The van der Waals surface area contributed by atoms with E-state index in [1.807, 2.05) is 14.5 Å². The van der Waals surface area contributed by atoms with Crippen LogP contribution in [0.1, 0.15) is 111 Å².